The van der Waals surface area contributed by atoms with E-state index in [1.54, 1.807) is 0 Å². The van der Waals surface area contributed by atoms with Gasteiger partial charge in [0.25, 0.3) is 0 Å². The Hall–Kier alpha value is -2.99. The van der Waals surface area contributed by atoms with E-state index < -0.39 is 23.8 Å². The Morgan fingerprint density at radius 3 is 2.21 bits per heavy atom. The molecule has 2 aliphatic heterocycles. The van der Waals surface area contributed by atoms with Crippen molar-refractivity contribution in [2.24, 2.45) is 11.8 Å². The van der Waals surface area contributed by atoms with Gasteiger partial charge in [-0.25, -0.2) is 0 Å². The molecule has 2 aliphatic rings. The molecule has 0 radical (unpaired) electrons. The van der Waals surface area contributed by atoms with Gasteiger partial charge in [-0.05, 0) is 11.1 Å². The lowest BCUT2D eigenvalue weighted by molar-refractivity contribution is -0.142. The predicted molar refractivity (Wildman–Crippen MR) is 102 cm³/mol. The molecule has 2 saturated heterocycles. The summed E-state index contributed by atoms with van der Waals surface area (Å²) in [4.78, 5) is 39.6. The second-order valence-corrected chi connectivity index (χ2v) is 7.24. The molecule has 6 heteroatoms. The van der Waals surface area contributed by atoms with Crippen molar-refractivity contribution in [3.8, 4) is 0 Å². The molecule has 2 heterocycles. The summed E-state index contributed by atoms with van der Waals surface area (Å²) in [6.45, 7) is 0.248. The van der Waals surface area contributed by atoms with Crippen molar-refractivity contribution in [1.82, 2.24) is 10.2 Å². The fraction of sp³-hybridized carbons (Fsp3) is 0.318. The molecule has 2 aromatic rings. The minimum Gasteiger partial charge on any atom is -0.469 e. The number of carbonyl (C=O) groups excluding carboxylic acids is 3. The fourth-order valence-corrected chi connectivity index (χ4v) is 4.32. The molecular weight excluding hydrogens is 356 g/mol. The smallest absolute Gasteiger partial charge is 0.307 e. The molecule has 6 nitrogen and oxygen atoms in total. The van der Waals surface area contributed by atoms with Crippen LogP contribution in [0.15, 0.2) is 60.7 Å². The number of imide groups is 1. The summed E-state index contributed by atoms with van der Waals surface area (Å²) < 4.78 is 4.80. The van der Waals surface area contributed by atoms with E-state index in [4.69, 9.17) is 4.74 Å². The number of nitrogens with one attached hydrogen (secondary N) is 1. The lowest BCUT2D eigenvalue weighted by Gasteiger charge is -2.22. The number of likely N-dealkylation sites (tertiary alicyclic amines) is 1. The molecule has 0 spiro atoms. The topological polar surface area (TPSA) is 75.7 Å². The third-order valence-electron chi connectivity index (χ3n) is 5.63. The number of hydrogen-bond donors (Lipinski definition) is 1. The van der Waals surface area contributed by atoms with Gasteiger partial charge in [0.1, 0.15) is 0 Å². The highest BCUT2D eigenvalue weighted by Gasteiger charge is 2.59. The zero-order chi connectivity index (χ0) is 19.7. The first-order chi connectivity index (χ1) is 13.6. The number of fused-ring (bicyclic) bond motifs is 1. The largest absolute Gasteiger partial charge is 0.469 e. The molecule has 0 aromatic heterocycles. The van der Waals surface area contributed by atoms with Crippen molar-refractivity contribution in [3.05, 3.63) is 71.8 Å². The van der Waals surface area contributed by atoms with Gasteiger partial charge in [0.15, 0.2) is 0 Å². The molecule has 0 bridgehead atoms. The molecule has 1 N–H and O–H groups in total. The van der Waals surface area contributed by atoms with Crippen LogP contribution in [0.1, 0.15) is 23.6 Å². The summed E-state index contributed by atoms with van der Waals surface area (Å²) in [5, 5.41) is 3.35. The SMILES string of the molecule is COC(=O)C[C@@H]1N[C@H](c2ccccc2)[C@H]2C(=O)N(Cc3ccccc3)C(=O)[C@@H]21. The van der Waals surface area contributed by atoms with Crippen LogP contribution in [-0.4, -0.2) is 35.8 Å². The van der Waals surface area contributed by atoms with Gasteiger partial charge in [0.05, 0.1) is 31.9 Å². The maximum absolute atomic E-state index is 13.2. The Bertz CT molecular complexity index is 884. The van der Waals surface area contributed by atoms with E-state index in [0.29, 0.717) is 0 Å². The highest BCUT2D eigenvalue weighted by Crippen LogP contribution is 2.45. The number of hydrogen-bond acceptors (Lipinski definition) is 5. The standard InChI is InChI=1S/C22H22N2O4/c1-28-17(25)12-16-18-19(20(23-16)15-10-6-3-7-11-15)22(27)24(21(18)26)13-14-8-4-2-5-9-14/h2-11,16,18-20,23H,12-13H2,1H3/t16-,18+,19-,20+/m0/s1. The highest BCUT2D eigenvalue weighted by atomic mass is 16.5. The van der Waals surface area contributed by atoms with E-state index in [2.05, 4.69) is 5.32 Å². The first kappa shape index (κ1) is 18.4. The highest BCUT2D eigenvalue weighted by molar-refractivity contribution is 6.06. The minimum absolute atomic E-state index is 0.0548. The zero-order valence-electron chi connectivity index (χ0n) is 15.6. The summed E-state index contributed by atoms with van der Waals surface area (Å²) >= 11 is 0. The lowest BCUT2D eigenvalue weighted by Crippen LogP contribution is -2.40. The van der Waals surface area contributed by atoms with Crippen LogP contribution < -0.4 is 5.32 Å². The van der Waals surface area contributed by atoms with Crippen molar-refractivity contribution in [2.45, 2.75) is 25.0 Å². The summed E-state index contributed by atoms with van der Waals surface area (Å²) in [6.07, 6.45) is 0.0548. The molecule has 0 aliphatic carbocycles. The van der Waals surface area contributed by atoms with E-state index in [1.165, 1.54) is 12.0 Å². The summed E-state index contributed by atoms with van der Waals surface area (Å²) in [5.74, 6) is -1.90. The Kier molecular flexibility index (Phi) is 4.96. The first-order valence-electron chi connectivity index (χ1n) is 9.37. The van der Waals surface area contributed by atoms with Gasteiger partial charge in [0.2, 0.25) is 11.8 Å². The Labute approximate surface area is 163 Å². The van der Waals surface area contributed by atoms with Crippen molar-refractivity contribution >= 4 is 17.8 Å². The molecule has 2 fully saturated rings. The number of methoxy groups -OCH3 is 1. The van der Waals surface area contributed by atoms with E-state index in [-0.39, 0.29) is 30.8 Å². The van der Waals surface area contributed by atoms with E-state index in [9.17, 15) is 14.4 Å². The molecule has 144 valence electrons. The molecule has 2 aromatic carbocycles. The Morgan fingerprint density at radius 2 is 1.57 bits per heavy atom. The van der Waals surface area contributed by atoms with Crippen molar-refractivity contribution in [2.75, 3.05) is 7.11 Å². The number of amides is 2. The van der Waals surface area contributed by atoms with Crippen LogP contribution in [0, 0.1) is 11.8 Å². The molecule has 2 amide bonds. The average molecular weight is 378 g/mol. The predicted octanol–water partition coefficient (Wildman–Crippen LogP) is 2.06. The number of esters is 1. The van der Waals surface area contributed by atoms with Crippen LogP contribution in [0.2, 0.25) is 0 Å². The number of rotatable bonds is 5. The molecule has 4 rings (SSSR count). The number of benzene rings is 2. The van der Waals surface area contributed by atoms with Gasteiger partial charge < -0.3 is 10.1 Å². The normalized spacial score (nSPS) is 26.4. The van der Waals surface area contributed by atoms with Crippen LogP contribution in [0.25, 0.3) is 0 Å². The average Bonchev–Trinajstić information content (AvgIpc) is 3.21. The summed E-state index contributed by atoms with van der Waals surface area (Å²) in [5.41, 5.74) is 1.84. The number of nitrogens with zero attached hydrogens (tertiary/aromatic N) is 1. The first-order valence-corrected chi connectivity index (χ1v) is 9.37. The van der Waals surface area contributed by atoms with Gasteiger partial charge in [-0.15, -0.1) is 0 Å². The van der Waals surface area contributed by atoms with E-state index >= 15 is 0 Å². The second kappa shape index (κ2) is 7.56. The minimum atomic E-state index is -0.569. The van der Waals surface area contributed by atoms with Crippen LogP contribution >= 0.6 is 0 Å². The Balaban J connectivity index is 1.66. The zero-order valence-corrected chi connectivity index (χ0v) is 15.6. The van der Waals surface area contributed by atoms with Crippen LogP contribution in [0.3, 0.4) is 0 Å². The molecule has 0 unspecified atom stereocenters. The molecule has 0 saturated carbocycles. The maximum Gasteiger partial charge on any atom is 0.307 e. The van der Waals surface area contributed by atoms with Crippen LogP contribution in [0.5, 0.6) is 0 Å². The quantitative estimate of drug-likeness (QED) is 0.637. The molecular formula is C22H22N2O4. The summed E-state index contributed by atoms with van der Waals surface area (Å²) in [7, 11) is 1.33. The molecule has 28 heavy (non-hydrogen) atoms. The van der Waals surface area contributed by atoms with Gasteiger partial charge in [-0.1, -0.05) is 60.7 Å². The van der Waals surface area contributed by atoms with Crippen LogP contribution in [-0.2, 0) is 25.7 Å². The third kappa shape index (κ3) is 3.20. The van der Waals surface area contributed by atoms with Gasteiger partial charge in [-0.3, -0.25) is 19.3 Å². The fourth-order valence-electron chi connectivity index (χ4n) is 4.32. The number of ether oxygens (including phenoxy) is 1. The van der Waals surface area contributed by atoms with Crippen molar-refractivity contribution < 1.29 is 19.1 Å². The van der Waals surface area contributed by atoms with E-state index in [1.807, 2.05) is 60.7 Å². The Morgan fingerprint density at radius 1 is 0.964 bits per heavy atom. The van der Waals surface area contributed by atoms with Gasteiger partial charge in [-0.2, -0.15) is 0 Å². The van der Waals surface area contributed by atoms with Gasteiger partial charge in [0, 0.05) is 12.1 Å². The van der Waals surface area contributed by atoms with Crippen LogP contribution in [0.4, 0.5) is 0 Å². The van der Waals surface area contributed by atoms with Crippen molar-refractivity contribution in [3.63, 3.8) is 0 Å². The molecule has 4 atom stereocenters. The summed E-state index contributed by atoms with van der Waals surface area (Å²) in [6, 6.07) is 18.3. The lowest BCUT2D eigenvalue weighted by atomic mass is 9.86. The van der Waals surface area contributed by atoms with Gasteiger partial charge >= 0.3 is 5.97 Å². The number of carbonyl (C=O) groups is 3. The monoisotopic (exact) mass is 378 g/mol. The third-order valence-corrected chi connectivity index (χ3v) is 5.63. The van der Waals surface area contributed by atoms with Crippen molar-refractivity contribution in [1.29, 1.82) is 0 Å². The van der Waals surface area contributed by atoms with E-state index in [0.717, 1.165) is 11.1 Å². The maximum atomic E-state index is 13.2. The second-order valence-electron chi connectivity index (χ2n) is 7.24.